The van der Waals surface area contributed by atoms with Crippen LogP contribution in [0.5, 0.6) is 0 Å². The van der Waals surface area contributed by atoms with E-state index in [0.717, 1.165) is 99.2 Å². The van der Waals surface area contributed by atoms with Gasteiger partial charge in [0.1, 0.15) is 22.3 Å². The maximum Gasteiger partial charge on any atom is 0.144 e. The van der Waals surface area contributed by atoms with Crippen molar-refractivity contribution in [3.63, 3.8) is 0 Å². The highest BCUT2D eigenvalue weighted by molar-refractivity contribution is 6.24. The summed E-state index contributed by atoms with van der Waals surface area (Å²) in [6.45, 7) is 0. The summed E-state index contributed by atoms with van der Waals surface area (Å²) in [4.78, 5) is 10.2. The van der Waals surface area contributed by atoms with Gasteiger partial charge in [-0.25, -0.2) is 4.98 Å². The largest absolute Gasteiger partial charge is 0.456 e. The highest BCUT2D eigenvalue weighted by Crippen LogP contribution is 2.45. The van der Waals surface area contributed by atoms with Crippen molar-refractivity contribution in [2.24, 2.45) is 0 Å². The average Bonchev–Trinajstić information content (AvgIpc) is 3.75. The van der Waals surface area contributed by atoms with E-state index in [4.69, 9.17) is 18.8 Å². The van der Waals surface area contributed by atoms with E-state index in [-0.39, 0.29) is 0 Å². The van der Waals surface area contributed by atoms with E-state index in [2.05, 4.69) is 133 Å². The maximum absolute atomic E-state index is 6.57. The molecule has 0 aliphatic heterocycles. The second-order valence-corrected chi connectivity index (χ2v) is 12.9. The van der Waals surface area contributed by atoms with E-state index in [9.17, 15) is 0 Å². The predicted molar refractivity (Wildman–Crippen MR) is 205 cm³/mol. The molecule has 232 valence electrons. The van der Waals surface area contributed by atoms with Crippen molar-refractivity contribution < 1.29 is 8.83 Å². The first-order valence-corrected chi connectivity index (χ1v) is 16.8. The Morgan fingerprint density at radius 1 is 0.380 bits per heavy atom. The van der Waals surface area contributed by atoms with E-state index < -0.39 is 0 Å². The number of hydrogen-bond acceptors (Lipinski definition) is 4. The summed E-state index contributed by atoms with van der Waals surface area (Å²) in [6, 6.07) is 52.8. The van der Waals surface area contributed by atoms with Crippen LogP contribution in [0.25, 0.3) is 110 Å². The van der Waals surface area contributed by atoms with Crippen LogP contribution in [-0.2, 0) is 0 Å². The molecule has 3 heterocycles. The molecule has 0 aliphatic carbocycles. The number of hydrogen-bond donors (Lipinski definition) is 0. The minimum absolute atomic E-state index is 0.841. The number of para-hydroxylation sites is 1. The normalized spacial score (nSPS) is 12.0. The molecule has 0 radical (unpaired) electrons. The van der Waals surface area contributed by atoms with Crippen LogP contribution in [0.2, 0.25) is 0 Å². The summed E-state index contributed by atoms with van der Waals surface area (Å²) in [5.41, 5.74) is 11.4. The highest BCUT2D eigenvalue weighted by Gasteiger charge is 2.21. The molecule has 8 aromatic carbocycles. The Morgan fingerprint density at radius 3 is 1.84 bits per heavy atom. The predicted octanol–water partition coefficient (Wildman–Crippen LogP) is 12.7. The molecule has 50 heavy (non-hydrogen) atoms. The lowest BCUT2D eigenvalue weighted by molar-refractivity contribution is 0.664. The molecule has 4 nitrogen and oxygen atoms in total. The van der Waals surface area contributed by atoms with Gasteiger partial charge in [-0.15, -0.1) is 0 Å². The van der Waals surface area contributed by atoms with Crippen LogP contribution >= 0.6 is 0 Å². The summed E-state index contributed by atoms with van der Waals surface area (Å²) >= 11 is 0. The smallest absolute Gasteiger partial charge is 0.144 e. The summed E-state index contributed by atoms with van der Waals surface area (Å²) in [6.07, 6.45) is 1.90. The third kappa shape index (κ3) is 3.93. The molecule has 0 atom stereocenters. The van der Waals surface area contributed by atoms with Gasteiger partial charge in [0.05, 0.1) is 22.9 Å². The van der Waals surface area contributed by atoms with E-state index >= 15 is 0 Å². The number of furan rings is 2. The topological polar surface area (TPSA) is 52.1 Å². The molecule has 0 amide bonds. The van der Waals surface area contributed by atoms with Crippen molar-refractivity contribution in [1.82, 2.24) is 9.97 Å². The van der Waals surface area contributed by atoms with Crippen LogP contribution in [0.3, 0.4) is 0 Å². The van der Waals surface area contributed by atoms with E-state index in [1.165, 1.54) is 10.8 Å². The molecule has 0 bridgehead atoms. The van der Waals surface area contributed by atoms with Gasteiger partial charge < -0.3 is 8.83 Å². The number of nitrogens with zero attached hydrogens (tertiary/aromatic N) is 2. The van der Waals surface area contributed by atoms with Crippen LogP contribution in [0.4, 0.5) is 0 Å². The maximum atomic E-state index is 6.57. The molecular formula is C46H26N2O2. The van der Waals surface area contributed by atoms with Crippen LogP contribution < -0.4 is 0 Å². The van der Waals surface area contributed by atoms with Crippen molar-refractivity contribution in [3.05, 3.63) is 158 Å². The average molecular weight is 639 g/mol. The van der Waals surface area contributed by atoms with Crippen LogP contribution in [0.1, 0.15) is 0 Å². The first kappa shape index (κ1) is 27.2. The molecule has 0 unspecified atom stereocenters. The molecule has 11 aromatic rings. The van der Waals surface area contributed by atoms with Gasteiger partial charge in [-0.3, -0.25) is 4.98 Å². The zero-order valence-electron chi connectivity index (χ0n) is 26.7. The van der Waals surface area contributed by atoms with Gasteiger partial charge in [-0.1, -0.05) is 121 Å². The lowest BCUT2D eigenvalue weighted by Crippen LogP contribution is -1.92. The van der Waals surface area contributed by atoms with E-state index in [1.807, 2.05) is 24.4 Å². The monoisotopic (exact) mass is 638 g/mol. The Morgan fingerprint density at radius 2 is 1.02 bits per heavy atom. The van der Waals surface area contributed by atoms with Gasteiger partial charge in [0.15, 0.2) is 0 Å². The van der Waals surface area contributed by atoms with Gasteiger partial charge in [-0.05, 0) is 57.8 Å². The van der Waals surface area contributed by atoms with Crippen molar-refractivity contribution in [2.45, 2.75) is 0 Å². The molecule has 0 aliphatic rings. The standard InChI is InChI=1S/C46H26N2O2/c1-2-11-27(12-3-1)42-43-37-24-29(21-22-40(37)49-41(43)25-36-33-17-8-9-20-39(33)50-46(36)42)28-13-10-14-30(23-28)38-26-47-44-34-18-6-4-15-31(34)32-16-5-7-19-35(32)45(44)48-38/h1-26H. The van der Waals surface area contributed by atoms with Crippen molar-refractivity contribution in [2.75, 3.05) is 0 Å². The third-order valence-electron chi connectivity index (χ3n) is 10.1. The van der Waals surface area contributed by atoms with Gasteiger partial charge in [0.25, 0.3) is 0 Å². The van der Waals surface area contributed by atoms with Crippen LogP contribution in [0.15, 0.2) is 167 Å². The number of rotatable bonds is 3. The minimum Gasteiger partial charge on any atom is -0.456 e. The minimum atomic E-state index is 0.841. The molecule has 3 aromatic heterocycles. The number of benzene rings is 8. The Hall–Kier alpha value is -6.78. The number of fused-ring (bicyclic) bond motifs is 12. The molecule has 0 spiro atoms. The molecule has 4 heteroatoms. The molecule has 0 saturated carbocycles. The third-order valence-corrected chi connectivity index (χ3v) is 10.1. The van der Waals surface area contributed by atoms with E-state index in [1.54, 1.807) is 0 Å². The molecular weight excluding hydrogens is 613 g/mol. The lowest BCUT2D eigenvalue weighted by atomic mass is 9.95. The molecule has 0 fully saturated rings. The second kappa shape index (κ2) is 10.4. The van der Waals surface area contributed by atoms with Gasteiger partial charge in [0, 0.05) is 43.4 Å². The molecule has 11 rings (SSSR count). The van der Waals surface area contributed by atoms with E-state index in [0.29, 0.717) is 0 Å². The first-order valence-electron chi connectivity index (χ1n) is 16.8. The highest BCUT2D eigenvalue weighted by atomic mass is 16.3. The summed E-state index contributed by atoms with van der Waals surface area (Å²) in [5, 5.41) is 8.84. The summed E-state index contributed by atoms with van der Waals surface area (Å²) < 4.78 is 13.1. The molecule has 0 N–H and O–H groups in total. The van der Waals surface area contributed by atoms with Crippen molar-refractivity contribution in [3.8, 4) is 33.5 Å². The fourth-order valence-electron chi connectivity index (χ4n) is 7.80. The number of aromatic nitrogens is 2. The molecule has 0 saturated heterocycles. The summed E-state index contributed by atoms with van der Waals surface area (Å²) in [5.74, 6) is 0. The van der Waals surface area contributed by atoms with Gasteiger partial charge in [0.2, 0.25) is 0 Å². The Kier molecular flexibility index (Phi) is 5.63. The zero-order chi connectivity index (χ0) is 32.8. The lowest BCUT2D eigenvalue weighted by Gasteiger charge is -2.11. The fraction of sp³-hybridized carbons (Fsp3) is 0. The first-order chi connectivity index (χ1) is 24.8. The van der Waals surface area contributed by atoms with Gasteiger partial charge >= 0.3 is 0 Å². The quantitative estimate of drug-likeness (QED) is 0.181. The van der Waals surface area contributed by atoms with Gasteiger partial charge in [-0.2, -0.15) is 0 Å². The van der Waals surface area contributed by atoms with Crippen molar-refractivity contribution >= 4 is 76.5 Å². The summed E-state index contributed by atoms with van der Waals surface area (Å²) in [7, 11) is 0. The Balaban J connectivity index is 1.11. The van der Waals surface area contributed by atoms with Crippen LogP contribution in [0, 0.1) is 0 Å². The zero-order valence-corrected chi connectivity index (χ0v) is 26.7. The fourth-order valence-corrected chi connectivity index (χ4v) is 7.80. The SMILES string of the molecule is c1ccc(-c2c3oc4ccccc4c3cc3oc4ccc(-c5cccc(-c6cnc7c8ccccc8c8ccccc8c7n6)c5)cc4c23)cc1. The van der Waals surface area contributed by atoms with Crippen molar-refractivity contribution in [1.29, 1.82) is 0 Å². The Bertz CT molecular complexity index is 3120. The van der Waals surface area contributed by atoms with Crippen LogP contribution in [-0.4, -0.2) is 9.97 Å². The second-order valence-electron chi connectivity index (χ2n) is 12.9. The Labute approximate surface area is 285 Å².